The Morgan fingerprint density at radius 2 is 1.49 bits per heavy atom. The molecule has 0 aliphatic rings. The van der Waals surface area contributed by atoms with Crippen LogP contribution in [0.15, 0.2) is 44.3 Å². The van der Waals surface area contributed by atoms with E-state index in [1.54, 1.807) is 23.2 Å². The van der Waals surface area contributed by atoms with Gasteiger partial charge in [0.2, 0.25) is 5.88 Å². The molecule has 10 nitrogen and oxygen atoms in total. The van der Waals surface area contributed by atoms with Gasteiger partial charge in [-0.1, -0.05) is 30.3 Å². The van der Waals surface area contributed by atoms with Crippen LogP contribution in [0.25, 0.3) is 0 Å². The molecule has 0 bridgehead atoms. The summed E-state index contributed by atoms with van der Waals surface area (Å²) in [5.41, 5.74) is 0.915. The van der Waals surface area contributed by atoms with Crippen molar-refractivity contribution in [2.24, 2.45) is 0 Å². The van der Waals surface area contributed by atoms with Gasteiger partial charge in [-0.15, -0.1) is 5.10 Å². The Morgan fingerprint density at radius 3 is 1.97 bits per heavy atom. The zero-order valence-electron chi connectivity index (χ0n) is 21.7. The van der Waals surface area contributed by atoms with Gasteiger partial charge in [0.15, 0.2) is 11.1 Å². The minimum absolute atomic E-state index is 0.0190. The lowest BCUT2D eigenvalue weighted by Gasteiger charge is -2.07. The van der Waals surface area contributed by atoms with E-state index in [1.165, 1.54) is 0 Å². The van der Waals surface area contributed by atoms with Crippen LogP contribution in [0.3, 0.4) is 0 Å². The maximum atomic E-state index is 12.1. The first-order chi connectivity index (χ1) is 17.5. The monoisotopic (exact) mass is 642 g/mol. The van der Waals surface area contributed by atoms with E-state index in [2.05, 4.69) is 42.1 Å². The number of rotatable bonds is 9. The Balaban J connectivity index is 0.000000281. The minimum Gasteiger partial charge on any atom is -0.471 e. The van der Waals surface area contributed by atoms with E-state index >= 15 is 0 Å². The summed E-state index contributed by atoms with van der Waals surface area (Å²) in [6.07, 6.45) is 0. The number of H-pyrrole nitrogens is 1. The van der Waals surface area contributed by atoms with Crippen molar-refractivity contribution in [3.63, 3.8) is 0 Å². The maximum absolute atomic E-state index is 12.1. The van der Waals surface area contributed by atoms with Crippen molar-refractivity contribution in [1.29, 1.82) is 0 Å². The van der Waals surface area contributed by atoms with E-state index in [-0.39, 0.29) is 30.1 Å². The lowest BCUT2D eigenvalue weighted by atomic mass is 10.2. The number of hydrogen-bond acceptors (Lipinski definition) is 7. The van der Waals surface area contributed by atoms with Crippen LogP contribution in [0.1, 0.15) is 79.9 Å². The predicted molar refractivity (Wildman–Crippen MR) is 146 cm³/mol. The second kappa shape index (κ2) is 14.2. The molecule has 0 saturated carbocycles. The summed E-state index contributed by atoms with van der Waals surface area (Å²) in [4.78, 5) is 35.1. The van der Waals surface area contributed by atoms with Gasteiger partial charge < -0.3 is 14.2 Å². The summed E-state index contributed by atoms with van der Waals surface area (Å²) in [6, 6.07) is 9.89. The molecule has 0 atom stereocenters. The molecule has 0 amide bonds. The number of ether oxygens (including phenoxy) is 3. The first-order valence-electron chi connectivity index (χ1n) is 11.8. The Morgan fingerprint density at radius 1 is 0.919 bits per heavy atom. The Kier molecular flexibility index (Phi) is 11.6. The van der Waals surface area contributed by atoms with Gasteiger partial charge in [-0.05, 0) is 79.0 Å². The molecule has 0 radical (unpaired) electrons. The van der Waals surface area contributed by atoms with E-state index in [0.717, 1.165) is 5.56 Å². The summed E-state index contributed by atoms with van der Waals surface area (Å²) in [7, 11) is 0. The Labute approximate surface area is 232 Å². The van der Waals surface area contributed by atoms with Gasteiger partial charge in [0.05, 0.1) is 13.2 Å². The molecule has 3 aromatic rings. The summed E-state index contributed by atoms with van der Waals surface area (Å²) in [5, 5.41) is 6.94. The van der Waals surface area contributed by atoms with Gasteiger partial charge in [-0.25, -0.2) is 9.59 Å². The normalized spacial score (nSPS) is 10.8. The maximum Gasteiger partial charge on any atom is 0.346 e. The van der Waals surface area contributed by atoms with Crippen LogP contribution in [0.5, 0.6) is 5.88 Å². The number of carbonyl (C=O) groups is 2. The number of aromatic amines is 1. The van der Waals surface area contributed by atoms with Crippen molar-refractivity contribution in [3.05, 3.63) is 66.6 Å². The molecule has 2 aromatic heterocycles. The molecule has 202 valence electrons. The standard InChI is InChI=1S/C16H19BrN2O3.C9H13BrN2O3/c1-4-21-16(20)13-14(17)19(11(2)3)18-15(13)22-10-12-8-6-5-7-9-12;1-4-15-9(14)6-7(10)12(5(2)3)11-8(6)13/h5-9,11H,4,10H2,1-3H3;5H,4H2,1-3H3,(H,11,13). The average molecular weight is 644 g/mol. The number of aromatic nitrogens is 4. The fourth-order valence-corrected chi connectivity index (χ4v) is 4.76. The predicted octanol–water partition coefficient (Wildman–Crippen LogP) is 5.68. The highest BCUT2D eigenvalue weighted by atomic mass is 79.9. The highest BCUT2D eigenvalue weighted by molar-refractivity contribution is 9.10. The molecule has 0 saturated heterocycles. The van der Waals surface area contributed by atoms with E-state index in [9.17, 15) is 14.4 Å². The smallest absolute Gasteiger partial charge is 0.346 e. The average Bonchev–Trinajstić information content (AvgIpc) is 3.34. The van der Waals surface area contributed by atoms with Crippen LogP contribution in [0.2, 0.25) is 0 Å². The first kappa shape index (κ1) is 30.4. The molecule has 2 heterocycles. The first-order valence-corrected chi connectivity index (χ1v) is 13.4. The van der Waals surface area contributed by atoms with Crippen LogP contribution in [0.4, 0.5) is 0 Å². The molecule has 1 aromatic carbocycles. The fraction of sp³-hybridized carbons (Fsp3) is 0.440. The summed E-state index contributed by atoms with van der Waals surface area (Å²) >= 11 is 6.62. The van der Waals surface area contributed by atoms with Crippen LogP contribution in [-0.4, -0.2) is 44.7 Å². The summed E-state index contributed by atoms with van der Waals surface area (Å²) < 4.78 is 19.9. The Hall–Kier alpha value is -2.86. The van der Waals surface area contributed by atoms with E-state index in [1.807, 2.05) is 58.0 Å². The number of nitrogens with one attached hydrogen (secondary N) is 1. The molecule has 1 N–H and O–H groups in total. The van der Waals surface area contributed by atoms with Gasteiger partial charge in [-0.2, -0.15) is 0 Å². The zero-order valence-corrected chi connectivity index (χ0v) is 24.9. The number of carbonyl (C=O) groups excluding carboxylic acids is 2. The topological polar surface area (TPSA) is 117 Å². The molecule has 37 heavy (non-hydrogen) atoms. The van der Waals surface area contributed by atoms with E-state index < -0.39 is 17.5 Å². The highest BCUT2D eigenvalue weighted by Crippen LogP contribution is 2.30. The van der Waals surface area contributed by atoms with Gasteiger partial charge in [0, 0.05) is 12.1 Å². The van der Waals surface area contributed by atoms with Crippen molar-refractivity contribution in [3.8, 4) is 5.88 Å². The van der Waals surface area contributed by atoms with Crippen molar-refractivity contribution in [2.75, 3.05) is 13.2 Å². The number of esters is 2. The molecule has 12 heteroatoms. The van der Waals surface area contributed by atoms with E-state index in [4.69, 9.17) is 14.2 Å². The molecule has 0 aliphatic carbocycles. The van der Waals surface area contributed by atoms with Crippen LogP contribution in [0, 0.1) is 0 Å². The molecule has 0 aliphatic heterocycles. The van der Waals surface area contributed by atoms with Crippen LogP contribution < -0.4 is 10.3 Å². The van der Waals surface area contributed by atoms with Gasteiger partial charge >= 0.3 is 11.9 Å². The van der Waals surface area contributed by atoms with Crippen molar-refractivity contribution in [1.82, 2.24) is 19.6 Å². The van der Waals surface area contributed by atoms with Crippen molar-refractivity contribution >= 4 is 43.8 Å². The van der Waals surface area contributed by atoms with Gasteiger partial charge in [-0.3, -0.25) is 19.3 Å². The second-order valence-electron chi connectivity index (χ2n) is 8.29. The van der Waals surface area contributed by atoms with E-state index in [0.29, 0.717) is 28.0 Å². The number of nitrogens with zero attached hydrogens (tertiary/aromatic N) is 3. The van der Waals surface area contributed by atoms with Crippen molar-refractivity contribution in [2.45, 2.75) is 60.2 Å². The summed E-state index contributed by atoms with van der Waals surface area (Å²) in [6.45, 7) is 12.1. The molecule has 0 fully saturated rings. The minimum atomic E-state index is -0.606. The molecular formula is C25H32Br2N4O6. The Bertz CT molecular complexity index is 1250. The largest absolute Gasteiger partial charge is 0.471 e. The molecule has 3 rings (SSSR count). The fourth-order valence-electron chi connectivity index (χ4n) is 3.10. The SMILES string of the molecule is CCOC(=O)c1c(Br)n(C(C)C)[nH]c1=O.CCOC(=O)c1c(OCc2ccccc2)nn(C(C)C)c1Br. The lowest BCUT2D eigenvalue weighted by Crippen LogP contribution is -2.15. The van der Waals surface area contributed by atoms with Crippen molar-refractivity contribution < 1.29 is 23.8 Å². The number of benzene rings is 1. The van der Waals surface area contributed by atoms with Crippen LogP contribution >= 0.6 is 31.9 Å². The third-order valence-corrected chi connectivity index (χ3v) is 6.41. The second-order valence-corrected chi connectivity index (χ2v) is 9.80. The van der Waals surface area contributed by atoms with Crippen LogP contribution in [-0.2, 0) is 16.1 Å². The third-order valence-electron chi connectivity index (χ3n) is 4.87. The van der Waals surface area contributed by atoms with Gasteiger partial charge in [0.1, 0.15) is 15.8 Å². The number of hydrogen-bond donors (Lipinski definition) is 1. The lowest BCUT2D eigenvalue weighted by molar-refractivity contribution is 0.0511. The van der Waals surface area contributed by atoms with Gasteiger partial charge in [0.25, 0.3) is 5.56 Å². The number of halogens is 2. The third kappa shape index (κ3) is 7.81. The molecule has 0 spiro atoms. The summed E-state index contributed by atoms with van der Waals surface area (Å²) in [5.74, 6) is -0.766. The molecule has 0 unspecified atom stereocenters. The quantitative estimate of drug-likeness (QED) is 0.298. The molecular weight excluding hydrogens is 612 g/mol. The highest BCUT2D eigenvalue weighted by Gasteiger charge is 2.26. The zero-order chi connectivity index (χ0) is 27.7.